The molecule has 0 aliphatic carbocycles. The fourth-order valence-electron chi connectivity index (χ4n) is 14.4. The van der Waals surface area contributed by atoms with E-state index in [0.29, 0.717) is 140 Å². The number of nitrogens with one attached hydrogen (secondary N) is 1. The van der Waals surface area contributed by atoms with Gasteiger partial charge in [-0.05, 0) is 181 Å². The monoisotopic (exact) mass is 1730 g/mol. The summed E-state index contributed by atoms with van der Waals surface area (Å²) in [6.07, 6.45) is -0.800. The maximum absolute atomic E-state index is 11.7. The summed E-state index contributed by atoms with van der Waals surface area (Å²) in [5, 5.41) is 15.3. The number of ether oxygens (including phenoxy) is 14. The van der Waals surface area contributed by atoms with Crippen LogP contribution in [0.4, 0.5) is 0 Å². The Kier molecular flexibility index (Phi) is 31.3. The molecule has 0 radical (unpaired) electrons. The summed E-state index contributed by atoms with van der Waals surface area (Å²) in [5.74, 6) is 8.12. The van der Waals surface area contributed by atoms with Crippen LogP contribution in [0.5, 0.6) is 80.5 Å². The zero-order valence-corrected chi connectivity index (χ0v) is 72.5. The van der Waals surface area contributed by atoms with Gasteiger partial charge in [0.2, 0.25) is 0 Å². The van der Waals surface area contributed by atoms with Crippen molar-refractivity contribution in [3.05, 3.63) is 489 Å². The summed E-state index contributed by atoms with van der Waals surface area (Å²) >= 11 is 0. The molecule has 0 amide bonds. The molecular formula is C114H103NO15. The second-order valence-corrected chi connectivity index (χ2v) is 31.6. The van der Waals surface area contributed by atoms with Gasteiger partial charge < -0.3 is 76.7 Å². The lowest BCUT2D eigenvalue weighted by molar-refractivity contribution is 0.135. The van der Waals surface area contributed by atoms with E-state index in [2.05, 4.69) is 5.32 Å². The number of benzene rings is 16. The van der Waals surface area contributed by atoms with Crippen molar-refractivity contribution < 1.29 is 71.4 Å². The average Bonchev–Trinajstić information content (AvgIpc) is 0.828. The lowest BCUT2D eigenvalue weighted by Crippen LogP contribution is -2.31. The first-order valence-electron chi connectivity index (χ1n) is 43.6. The van der Waals surface area contributed by atoms with Crippen LogP contribution in [0.15, 0.2) is 400 Å². The summed E-state index contributed by atoms with van der Waals surface area (Å²) < 4.78 is 93.0. The molecule has 2 N–H and O–H groups in total. The van der Waals surface area contributed by atoms with Crippen LogP contribution in [0.25, 0.3) is 0 Å². The van der Waals surface area contributed by atoms with E-state index in [-0.39, 0.29) is 45.7 Å². The van der Waals surface area contributed by atoms with Crippen LogP contribution in [-0.2, 0) is 99.0 Å². The summed E-state index contributed by atoms with van der Waals surface area (Å²) in [6.45, 7) is 5.85. The zero-order valence-electron chi connectivity index (χ0n) is 72.5. The molecule has 0 aliphatic heterocycles. The van der Waals surface area contributed by atoms with Crippen LogP contribution >= 0.6 is 0 Å². The average molecular weight is 1730 g/mol. The highest BCUT2D eigenvalue weighted by Crippen LogP contribution is 2.36. The standard InChI is InChI=1S/C114H103NO15/c1-83(114(116)99-45-27-10-28-46-99)115-68-92-47-100(125-77-97-57-110(127-79-93-49-102(117-69-84-29-11-2-12-30-84)62-103(50-93)118-70-85-31-13-3-14-32-85)66-111(58-97)128-80-94-51-104(119-71-86-33-15-4-16-34-86)63-105(52-94)120-72-87-35-17-5-18-36-87)61-101(48-92)126-78-98-59-112(129-81-95-53-106(121-73-88-37-19-6-20-38-88)64-107(54-95)122-74-89-39-21-7-22-40-89)67-113(60-98)130-82-96-55-108(123-75-90-41-23-8-24-42-90)65-109(56-96)124-76-91-43-25-9-26-44-91/h2-67,83,114-116H,68-82H2,1H3/t83-,114-/m1/s1. The lowest BCUT2D eigenvalue weighted by Gasteiger charge is -2.21. The molecule has 0 aliphatic rings. The van der Waals surface area contributed by atoms with Gasteiger partial charge in [-0.2, -0.15) is 0 Å². The van der Waals surface area contributed by atoms with Crippen molar-refractivity contribution in [2.75, 3.05) is 0 Å². The zero-order chi connectivity index (χ0) is 88.4. The van der Waals surface area contributed by atoms with E-state index >= 15 is 0 Å². The third-order valence-corrected chi connectivity index (χ3v) is 21.2. The molecule has 2 atom stereocenters. The number of hydrogen-bond acceptors (Lipinski definition) is 16. The van der Waals surface area contributed by atoms with Gasteiger partial charge in [0.15, 0.2) is 0 Å². The fraction of sp³-hybridized carbons (Fsp3) is 0.158. The third kappa shape index (κ3) is 28.1. The SMILES string of the molecule is C[C@@H](NCc1cc(OCc2cc(OCc3cc(OCc4ccccc4)cc(OCc4ccccc4)c3)cc(OCc3cc(OCc4ccccc4)cc(OCc4ccccc4)c3)c2)cc(OCc2cc(OCc3cc(OCc4ccccc4)cc(OCc4ccccc4)c3)cc(OCc3cc(OCc4ccccc4)cc(OCc4ccccc4)c3)c2)c1)[C@@H](O)c1ccccc1. The molecule has 0 aromatic heterocycles. The number of aliphatic hydroxyl groups excluding tert-OH is 1. The van der Waals surface area contributed by atoms with Gasteiger partial charge in [0.1, 0.15) is 173 Å². The van der Waals surface area contributed by atoms with E-state index in [4.69, 9.17) is 66.3 Å². The van der Waals surface area contributed by atoms with E-state index in [9.17, 15) is 5.11 Å². The molecule has 16 heteroatoms. The molecule has 16 aromatic carbocycles. The van der Waals surface area contributed by atoms with E-state index < -0.39 is 6.10 Å². The summed E-state index contributed by atoms with van der Waals surface area (Å²) in [4.78, 5) is 0. The number of rotatable bonds is 47. The van der Waals surface area contributed by atoms with Crippen molar-refractivity contribution in [2.24, 2.45) is 0 Å². The Balaban J connectivity index is 0.704. The smallest absolute Gasteiger partial charge is 0.123 e. The maximum atomic E-state index is 11.7. The van der Waals surface area contributed by atoms with Crippen LogP contribution in [0.3, 0.4) is 0 Å². The second-order valence-electron chi connectivity index (χ2n) is 31.6. The molecule has 130 heavy (non-hydrogen) atoms. The molecule has 0 saturated heterocycles. The summed E-state index contributed by atoms with van der Waals surface area (Å²) in [6, 6.07) is 131. The van der Waals surface area contributed by atoms with Crippen molar-refractivity contribution >= 4 is 0 Å². The molecule has 0 saturated carbocycles. The normalized spacial score (nSPS) is 11.4. The number of aliphatic hydroxyl groups is 1. The molecule has 0 spiro atoms. The first-order chi connectivity index (χ1) is 64.1. The Hall–Kier alpha value is -15.4. The molecule has 0 bridgehead atoms. The largest absolute Gasteiger partial charge is 0.489 e. The fourth-order valence-corrected chi connectivity index (χ4v) is 14.4. The predicted octanol–water partition coefficient (Wildman–Crippen LogP) is 25.0. The second kappa shape index (κ2) is 46.2. The Morgan fingerprint density at radius 3 is 0.454 bits per heavy atom. The van der Waals surface area contributed by atoms with Crippen molar-refractivity contribution in [2.45, 2.75) is 118 Å². The molecule has 0 fully saturated rings. The lowest BCUT2D eigenvalue weighted by atomic mass is 10.0. The Morgan fingerprint density at radius 1 is 0.169 bits per heavy atom. The summed E-state index contributed by atoms with van der Waals surface area (Å²) in [7, 11) is 0. The van der Waals surface area contributed by atoms with Crippen LogP contribution < -0.4 is 71.6 Å². The minimum absolute atomic E-state index is 0.0685. The van der Waals surface area contributed by atoms with Gasteiger partial charge in [-0.25, -0.2) is 0 Å². The Bertz CT molecular complexity index is 5260. The van der Waals surface area contributed by atoms with Crippen molar-refractivity contribution in [1.82, 2.24) is 5.32 Å². The van der Waals surface area contributed by atoms with Gasteiger partial charge >= 0.3 is 0 Å². The van der Waals surface area contributed by atoms with Crippen molar-refractivity contribution in [3.63, 3.8) is 0 Å². The minimum atomic E-state index is -0.800. The predicted molar refractivity (Wildman–Crippen MR) is 505 cm³/mol. The highest BCUT2D eigenvalue weighted by atomic mass is 16.5. The highest BCUT2D eigenvalue weighted by molar-refractivity contribution is 5.47. The molecule has 654 valence electrons. The van der Waals surface area contributed by atoms with E-state index in [1.807, 2.05) is 407 Å². The topological polar surface area (TPSA) is 161 Å². The molecule has 16 rings (SSSR count). The van der Waals surface area contributed by atoms with Gasteiger partial charge in [0.25, 0.3) is 0 Å². The molecule has 16 aromatic rings. The van der Waals surface area contributed by atoms with Gasteiger partial charge in [0.05, 0.1) is 6.10 Å². The van der Waals surface area contributed by atoms with E-state index in [1.54, 1.807) is 0 Å². The highest BCUT2D eigenvalue weighted by Gasteiger charge is 2.20. The van der Waals surface area contributed by atoms with Gasteiger partial charge in [0, 0.05) is 55.1 Å². The number of hydrogen-bond donors (Lipinski definition) is 2. The van der Waals surface area contributed by atoms with Crippen molar-refractivity contribution in [1.29, 1.82) is 0 Å². The van der Waals surface area contributed by atoms with E-state index in [1.165, 1.54) is 0 Å². The molecule has 16 nitrogen and oxygen atoms in total. The quantitative estimate of drug-likeness (QED) is 0.0370. The van der Waals surface area contributed by atoms with Crippen LogP contribution in [0, 0.1) is 0 Å². The maximum Gasteiger partial charge on any atom is 0.123 e. The Labute approximate surface area is 760 Å². The van der Waals surface area contributed by atoms with Gasteiger partial charge in [-0.1, -0.05) is 273 Å². The first-order valence-corrected chi connectivity index (χ1v) is 43.6. The molecule has 0 unspecified atom stereocenters. The molecule has 0 heterocycles. The van der Waals surface area contributed by atoms with Crippen LogP contribution in [0.1, 0.15) is 102 Å². The molecular weight excluding hydrogens is 1620 g/mol. The van der Waals surface area contributed by atoms with Crippen LogP contribution in [0.2, 0.25) is 0 Å². The van der Waals surface area contributed by atoms with Crippen molar-refractivity contribution in [3.8, 4) is 80.5 Å². The minimum Gasteiger partial charge on any atom is -0.489 e. The first kappa shape index (κ1) is 88.1. The Morgan fingerprint density at radius 2 is 0.300 bits per heavy atom. The van der Waals surface area contributed by atoms with Gasteiger partial charge in [-0.3, -0.25) is 0 Å². The van der Waals surface area contributed by atoms with Gasteiger partial charge in [-0.15, -0.1) is 0 Å². The summed E-state index contributed by atoms with van der Waals surface area (Å²) in [5.41, 5.74) is 14.6. The van der Waals surface area contributed by atoms with Crippen LogP contribution in [-0.4, -0.2) is 11.1 Å². The van der Waals surface area contributed by atoms with E-state index in [0.717, 1.165) is 89.0 Å². The third-order valence-electron chi connectivity index (χ3n) is 21.2.